The van der Waals surface area contributed by atoms with E-state index in [1.54, 1.807) is 0 Å². The lowest BCUT2D eigenvalue weighted by molar-refractivity contribution is -0.124. The van der Waals surface area contributed by atoms with Gasteiger partial charge in [-0.1, -0.05) is 37.3 Å². The van der Waals surface area contributed by atoms with E-state index in [2.05, 4.69) is 19.2 Å². The summed E-state index contributed by atoms with van der Waals surface area (Å²) in [6.07, 6.45) is 1.59. The number of carbonyl (C=O) groups is 1. The topological polar surface area (TPSA) is 55.1 Å². The number of benzene rings is 1. The Kier molecular flexibility index (Phi) is 4.70. The Labute approximate surface area is 103 Å². The summed E-state index contributed by atoms with van der Waals surface area (Å²) >= 11 is 0. The minimum absolute atomic E-state index is 0.274. The normalized spacial score (nSPS) is 16.2. The fraction of sp³-hybridized carbons (Fsp3) is 0.500. The summed E-state index contributed by atoms with van der Waals surface area (Å²) in [5, 5.41) is 3.32. The van der Waals surface area contributed by atoms with E-state index in [9.17, 15) is 4.79 Å². The number of hydrogen-bond acceptors (Lipinski definition) is 2. The fourth-order valence-corrected chi connectivity index (χ4v) is 1.86. The molecule has 17 heavy (non-hydrogen) atoms. The molecule has 94 valence electrons. The van der Waals surface area contributed by atoms with Crippen molar-refractivity contribution in [3.63, 3.8) is 0 Å². The second-order valence-corrected chi connectivity index (χ2v) is 4.81. The maximum Gasteiger partial charge on any atom is 0.237 e. The van der Waals surface area contributed by atoms with E-state index in [-0.39, 0.29) is 11.9 Å². The average molecular weight is 234 g/mol. The maximum atomic E-state index is 11.6. The third kappa shape index (κ3) is 3.86. The van der Waals surface area contributed by atoms with Crippen LogP contribution in [0.5, 0.6) is 0 Å². The van der Waals surface area contributed by atoms with Gasteiger partial charge in [0.15, 0.2) is 0 Å². The van der Waals surface area contributed by atoms with Crippen LogP contribution in [0.3, 0.4) is 0 Å². The predicted molar refractivity (Wildman–Crippen MR) is 70.6 cm³/mol. The molecule has 3 nitrogen and oxygen atoms in total. The SMILES string of the molecule is CCC(C)NC(C)(Cc1ccccc1)C(N)=O. The summed E-state index contributed by atoms with van der Waals surface area (Å²) in [6.45, 7) is 6.02. The highest BCUT2D eigenvalue weighted by Crippen LogP contribution is 2.14. The number of rotatable bonds is 6. The van der Waals surface area contributed by atoms with Crippen LogP contribution in [0.15, 0.2) is 30.3 Å². The first-order valence-corrected chi connectivity index (χ1v) is 6.09. The molecule has 0 aliphatic rings. The van der Waals surface area contributed by atoms with Crippen molar-refractivity contribution in [1.82, 2.24) is 5.32 Å². The van der Waals surface area contributed by atoms with Gasteiger partial charge in [0.05, 0.1) is 5.54 Å². The number of amides is 1. The molecule has 0 heterocycles. The molecular weight excluding hydrogens is 212 g/mol. The lowest BCUT2D eigenvalue weighted by Gasteiger charge is -2.31. The van der Waals surface area contributed by atoms with E-state index in [4.69, 9.17) is 5.73 Å². The van der Waals surface area contributed by atoms with Crippen molar-refractivity contribution in [2.24, 2.45) is 5.73 Å². The van der Waals surface area contributed by atoms with Gasteiger partial charge in [0.25, 0.3) is 0 Å². The average Bonchev–Trinajstić information content (AvgIpc) is 2.29. The van der Waals surface area contributed by atoms with Gasteiger partial charge in [-0.2, -0.15) is 0 Å². The minimum atomic E-state index is -0.684. The molecule has 0 saturated carbocycles. The zero-order valence-electron chi connectivity index (χ0n) is 10.9. The molecular formula is C14H22N2O. The number of nitrogens with two attached hydrogens (primary N) is 1. The molecule has 0 aliphatic carbocycles. The van der Waals surface area contributed by atoms with Gasteiger partial charge in [-0.05, 0) is 32.3 Å². The molecule has 3 heteroatoms. The summed E-state index contributed by atoms with van der Waals surface area (Å²) in [4.78, 5) is 11.6. The molecule has 0 fully saturated rings. The van der Waals surface area contributed by atoms with Gasteiger partial charge in [-0.25, -0.2) is 0 Å². The van der Waals surface area contributed by atoms with E-state index in [0.717, 1.165) is 12.0 Å². The first-order chi connectivity index (χ1) is 7.98. The van der Waals surface area contributed by atoms with Crippen LogP contribution in [0.25, 0.3) is 0 Å². The van der Waals surface area contributed by atoms with Crippen molar-refractivity contribution in [3.8, 4) is 0 Å². The summed E-state index contributed by atoms with van der Waals surface area (Å²) in [6, 6.07) is 10.2. The third-order valence-corrected chi connectivity index (χ3v) is 3.12. The van der Waals surface area contributed by atoms with Crippen LogP contribution in [-0.4, -0.2) is 17.5 Å². The van der Waals surface area contributed by atoms with Crippen LogP contribution in [0.2, 0.25) is 0 Å². The Morgan fingerprint density at radius 2 is 2.00 bits per heavy atom. The minimum Gasteiger partial charge on any atom is -0.368 e. The summed E-state index contributed by atoms with van der Waals surface area (Å²) in [7, 11) is 0. The third-order valence-electron chi connectivity index (χ3n) is 3.12. The van der Waals surface area contributed by atoms with E-state index in [0.29, 0.717) is 6.42 Å². The van der Waals surface area contributed by atoms with Crippen LogP contribution in [0.4, 0.5) is 0 Å². The highest BCUT2D eigenvalue weighted by molar-refractivity contribution is 5.84. The molecule has 0 aliphatic heterocycles. The molecule has 1 amide bonds. The lowest BCUT2D eigenvalue weighted by Crippen LogP contribution is -2.57. The van der Waals surface area contributed by atoms with Gasteiger partial charge in [0, 0.05) is 6.04 Å². The highest BCUT2D eigenvalue weighted by atomic mass is 16.1. The second-order valence-electron chi connectivity index (χ2n) is 4.81. The molecule has 2 unspecified atom stereocenters. The van der Waals surface area contributed by atoms with Crippen LogP contribution in [0, 0.1) is 0 Å². The zero-order chi connectivity index (χ0) is 12.9. The van der Waals surface area contributed by atoms with Crippen LogP contribution >= 0.6 is 0 Å². The van der Waals surface area contributed by atoms with Gasteiger partial charge in [-0.15, -0.1) is 0 Å². The number of nitrogens with one attached hydrogen (secondary N) is 1. The molecule has 0 saturated heterocycles. The molecule has 1 rings (SSSR count). The Morgan fingerprint density at radius 1 is 1.41 bits per heavy atom. The lowest BCUT2D eigenvalue weighted by atomic mass is 9.91. The van der Waals surface area contributed by atoms with Crippen molar-refractivity contribution < 1.29 is 4.79 Å². The van der Waals surface area contributed by atoms with Crippen LogP contribution < -0.4 is 11.1 Å². The van der Waals surface area contributed by atoms with Gasteiger partial charge in [0.1, 0.15) is 0 Å². The molecule has 0 spiro atoms. The van der Waals surface area contributed by atoms with Crippen molar-refractivity contribution in [2.45, 2.75) is 45.2 Å². The first kappa shape index (κ1) is 13.7. The van der Waals surface area contributed by atoms with E-state index in [1.165, 1.54) is 0 Å². The predicted octanol–water partition coefficient (Wildman–Crippen LogP) is 1.86. The van der Waals surface area contributed by atoms with E-state index >= 15 is 0 Å². The quantitative estimate of drug-likeness (QED) is 0.789. The summed E-state index contributed by atoms with van der Waals surface area (Å²) in [5.41, 5.74) is 5.95. The van der Waals surface area contributed by atoms with E-state index < -0.39 is 5.54 Å². The van der Waals surface area contributed by atoms with Gasteiger partial charge in [-0.3, -0.25) is 4.79 Å². The Balaban J connectivity index is 2.82. The Morgan fingerprint density at radius 3 is 2.47 bits per heavy atom. The first-order valence-electron chi connectivity index (χ1n) is 6.09. The van der Waals surface area contributed by atoms with Gasteiger partial charge < -0.3 is 11.1 Å². The maximum absolute atomic E-state index is 11.6. The van der Waals surface area contributed by atoms with Crippen molar-refractivity contribution >= 4 is 5.91 Å². The molecule has 3 N–H and O–H groups in total. The standard InChI is InChI=1S/C14H22N2O/c1-4-11(2)16-14(3,13(15)17)10-12-8-6-5-7-9-12/h5-9,11,16H,4,10H2,1-3H3,(H2,15,17). The monoisotopic (exact) mass is 234 g/mol. The number of primary amides is 1. The highest BCUT2D eigenvalue weighted by Gasteiger charge is 2.31. The van der Waals surface area contributed by atoms with Crippen molar-refractivity contribution in [1.29, 1.82) is 0 Å². The summed E-state index contributed by atoms with van der Waals surface area (Å²) in [5.74, 6) is -0.304. The molecule has 2 atom stereocenters. The number of hydrogen-bond donors (Lipinski definition) is 2. The molecule has 0 aromatic heterocycles. The van der Waals surface area contributed by atoms with Crippen LogP contribution in [-0.2, 0) is 11.2 Å². The smallest absolute Gasteiger partial charge is 0.237 e. The Bertz CT molecular complexity index is 364. The summed E-state index contributed by atoms with van der Waals surface area (Å²) < 4.78 is 0. The van der Waals surface area contributed by atoms with Crippen molar-refractivity contribution in [2.75, 3.05) is 0 Å². The van der Waals surface area contributed by atoms with Crippen LogP contribution in [0.1, 0.15) is 32.8 Å². The van der Waals surface area contributed by atoms with Gasteiger partial charge in [0.2, 0.25) is 5.91 Å². The zero-order valence-corrected chi connectivity index (χ0v) is 10.9. The van der Waals surface area contributed by atoms with E-state index in [1.807, 2.05) is 37.3 Å². The molecule has 0 radical (unpaired) electrons. The number of carbonyl (C=O) groups excluding carboxylic acids is 1. The second kappa shape index (κ2) is 5.82. The Hall–Kier alpha value is -1.35. The van der Waals surface area contributed by atoms with Crippen molar-refractivity contribution in [3.05, 3.63) is 35.9 Å². The molecule has 0 bridgehead atoms. The fourth-order valence-electron chi connectivity index (χ4n) is 1.86. The largest absolute Gasteiger partial charge is 0.368 e. The molecule has 1 aromatic rings. The molecule has 1 aromatic carbocycles. The van der Waals surface area contributed by atoms with Gasteiger partial charge >= 0.3 is 0 Å².